The van der Waals surface area contributed by atoms with Gasteiger partial charge >= 0.3 is 0 Å². The molecule has 2 aromatic heterocycles. The lowest BCUT2D eigenvalue weighted by atomic mass is 10.1. The van der Waals surface area contributed by atoms with Crippen molar-refractivity contribution in [3.63, 3.8) is 0 Å². The molecule has 0 atom stereocenters. The largest absolute Gasteiger partial charge is 0.496 e. The molecule has 9 heteroatoms. The molecule has 1 aromatic carbocycles. The highest BCUT2D eigenvalue weighted by atomic mass is 32.1. The molecule has 0 spiro atoms. The zero-order valence-electron chi connectivity index (χ0n) is 17.1. The van der Waals surface area contributed by atoms with Crippen LogP contribution < -0.4 is 25.1 Å². The summed E-state index contributed by atoms with van der Waals surface area (Å²) in [6.07, 6.45) is 4.43. The van der Waals surface area contributed by atoms with Crippen LogP contribution in [0, 0.1) is 0 Å². The molecule has 0 saturated carbocycles. The highest BCUT2D eigenvalue weighted by Crippen LogP contribution is 2.35. The number of thiophene rings is 1. The van der Waals surface area contributed by atoms with Crippen LogP contribution in [0.2, 0.25) is 0 Å². The van der Waals surface area contributed by atoms with Gasteiger partial charge in [-0.1, -0.05) is 0 Å². The first-order valence-electron chi connectivity index (χ1n) is 9.61. The number of aryl methyl sites for hydroxylation is 2. The molecule has 1 amide bonds. The van der Waals surface area contributed by atoms with E-state index in [1.54, 1.807) is 44.8 Å². The van der Waals surface area contributed by atoms with Crippen LogP contribution in [0.15, 0.2) is 23.3 Å². The number of ether oxygens (including phenoxy) is 3. The number of carbonyl (C=O) groups excluding carboxylic acids is 1. The van der Waals surface area contributed by atoms with E-state index in [-0.39, 0.29) is 24.6 Å². The Labute approximate surface area is 177 Å². The number of benzene rings is 1. The van der Waals surface area contributed by atoms with E-state index in [1.807, 2.05) is 0 Å². The van der Waals surface area contributed by atoms with Crippen molar-refractivity contribution in [1.82, 2.24) is 14.9 Å². The first kappa shape index (κ1) is 20.2. The fraction of sp³-hybridized carbons (Fsp3) is 0.381. The molecule has 158 valence electrons. The molecular formula is C21H23N3O5S. The van der Waals surface area contributed by atoms with E-state index in [0.29, 0.717) is 22.6 Å². The van der Waals surface area contributed by atoms with Gasteiger partial charge in [-0.05, 0) is 30.9 Å². The van der Waals surface area contributed by atoms with E-state index in [0.717, 1.165) is 35.2 Å². The molecule has 8 nitrogen and oxygen atoms in total. The first-order valence-corrected chi connectivity index (χ1v) is 10.4. The predicted molar refractivity (Wildman–Crippen MR) is 114 cm³/mol. The average Bonchev–Trinajstić information content (AvgIpc) is 3.34. The lowest BCUT2D eigenvalue weighted by Crippen LogP contribution is -2.32. The van der Waals surface area contributed by atoms with E-state index >= 15 is 0 Å². The number of methoxy groups -OCH3 is 3. The summed E-state index contributed by atoms with van der Waals surface area (Å²) >= 11 is 1.59. The normalized spacial score (nSPS) is 12.6. The maximum absolute atomic E-state index is 12.9. The van der Waals surface area contributed by atoms with Crippen LogP contribution in [-0.4, -0.2) is 36.8 Å². The van der Waals surface area contributed by atoms with Gasteiger partial charge in [-0.25, -0.2) is 4.98 Å². The van der Waals surface area contributed by atoms with Crippen molar-refractivity contribution in [2.75, 3.05) is 21.3 Å². The smallest absolute Gasteiger partial charge is 0.262 e. The molecule has 3 aromatic rings. The summed E-state index contributed by atoms with van der Waals surface area (Å²) in [5, 5.41) is 3.50. The molecule has 1 aliphatic rings. The van der Waals surface area contributed by atoms with E-state index < -0.39 is 0 Å². The van der Waals surface area contributed by atoms with Crippen molar-refractivity contribution < 1.29 is 19.0 Å². The SMILES string of the molecule is COc1cc(OC)c(OC)cc1CNC(=O)Cn1cnc2sc3c(c2c1=O)CCC3. The molecule has 0 bridgehead atoms. The summed E-state index contributed by atoms with van der Waals surface area (Å²) in [6.45, 7) is 0.128. The number of carbonyl (C=O) groups is 1. The topological polar surface area (TPSA) is 91.7 Å². The molecule has 30 heavy (non-hydrogen) atoms. The third-order valence-electron chi connectivity index (χ3n) is 5.27. The molecule has 0 fully saturated rings. The fourth-order valence-electron chi connectivity index (χ4n) is 3.77. The number of fused-ring (bicyclic) bond motifs is 3. The molecule has 4 rings (SSSR count). The summed E-state index contributed by atoms with van der Waals surface area (Å²) in [4.78, 5) is 31.8. The molecule has 1 aliphatic carbocycles. The van der Waals surface area contributed by atoms with Crippen LogP contribution in [0.3, 0.4) is 0 Å². The third-order valence-corrected chi connectivity index (χ3v) is 6.47. The summed E-state index contributed by atoms with van der Waals surface area (Å²) in [5.74, 6) is 1.36. The van der Waals surface area contributed by atoms with Gasteiger partial charge in [0.25, 0.3) is 5.56 Å². The number of aromatic nitrogens is 2. The number of nitrogens with one attached hydrogen (secondary N) is 1. The second-order valence-electron chi connectivity index (χ2n) is 7.01. The molecule has 2 heterocycles. The van der Waals surface area contributed by atoms with E-state index in [2.05, 4.69) is 10.3 Å². The molecular weight excluding hydrogens is 406 g/mol. The summed E-state index contributed by atoms with van der Waals surface area (Å²) in [7, 11) is 4.64. The average molecular weight is 429 g/mol. The Bertz CT molecular complexity index is 1170. The second kappa shape index (κ2) is 8.35. The van der Waals surface area contributed by atoms with E-state index in [1.165, 1.54) is 15.8 Å². The van der Waals surface area contributed by atoms with Crippen molar-refractivity contribution in [2.24, 2.45) is 0 Å². The lowest BCUT2D eigenvalue weighted by molar-refractivity contribution is -0.121. The quantitative estimate of drug-likeness (QED) is 0.620. The van der Waals surface area contributed by atoms with Crippen LogP contribution in [-0.2, 0) is 30.7 Å². The number of hydrogen-bond acceptors (Lipinski definition) is 7. The van der Waals surface area contributed by atoms with Crippen molar-refractivity contribution >= 4 is 27.5 Å². The Morgan fingerprint density at radius 3 is 2.60 bits per heavy atom. The third kappa shape index (κ3) is 3.60. The minimum absolute atomic E-state index is 0.0952. The highest BCUT2D eigenvalue weighted by Gasteiger charge is 2.21. The van der Waals surface area contributed by atoms with Crippen LogP contribution in [0.25, 0.3) is 10.2 Å². The highest BCUT2D eigenvalue weighted by molar-refractivity contribution is 7.18. The Hall–Kier alpha value is -3.07. The van der Waals surface area contributed by atoms with E-state index in [9.17, 15) is 9.59 Å². The first-order chi connectivity index (χ1) is 14.5. The molecule has 0 unspecified atom stereocenters. The zero-order valence-corrected chi connectivity index (χ0v) is 17.9. The zero-order chi connectivity index (χ0) is 21.3. The number of nitrogens with zero attached hydrogens (tertiary/aromatic N) is 2. The molecule has 0 aliphatic heterocycles. The molecule has 1 N–H and O–H groups in total. The lowest BCUT2D eigenvalue weighted by Gasteiger charge is -2.14. The van der Waals surface area contributed by atoms with Crippen molar-refractivity contribution in [3.05, 3.63) is 44.8 Å². The molecule has 0 radical (unpaired) electrons. The van der Waals surface area contributed by atoms with Gasteiger partial charge in [0.2, 0.25) is 5.91 Å². The van der Waals surface area contributed by atoms with Gasteiger partial charge in [-0.15, -0.1) is 11.3 Å². The van der Waals surface area contributed by atoms with Gasteiger partial charge in [-0.2, -0.15) is 0 Å². The Kier molecular flexibility index (Phi) is 5.63. The van der Waals surface area contributed by atoms with Crippen LogP contribution >= 0.6 is 11.3 Å². The van der Waals surface area contributed by atoms with Gasteiger partial charge < -0.3 is 19.5 Å². The maximum Gasteiger partial charge on any atom is 0.262 e. The number of hydrogen-bond donors (Lipinski definition) is 1. The van der Waals surface area contributed by atoms with Crippen LogP contribution in [0.4, 0.5) is 0 Å². The van der Waals surface area contributed by atoms with Crippen molar-refractivity contribution in [3.8, 4) is 17.2 Å². The van der Waals surface area contributed by atoms with Gasteiger partial charge in [0, 0.05) is 23.1 Å². The summed E-state index contributed by atoms with van der Waals surface area (Å²) in [5.41, 5.74) is 1.69. The Morgan fingerprint density at radius 2 is 1.87 bits per heavy atom. The van der Waals surface area contributed by atoms with Gasteiger partial charge in [0.1, 0.15) is 17.1 Å². The minimum atomic E-state index is -0.290. The fourth-order valence-corrected chi connectivity index (χ4v) is 4.99. The van der Waals surface area contributed by atoms with Crippen LogP contribution in [0.1, 0.15) is 22.4 Å². The van der Waals surface area contributed by atoms with Crippen LogP contribution in [0.5, 0.6) is 17.2 Å². The number of rotatable bonds is 7. The maximum atomic E-state index is 12.9. The van der Waals surface area contributed by atoms with Crippen molar-refractivity contribution in [2.45, 2.75) is 32.4 Å². The molecule has 0 saturated heterocycles. The van der Waals surface area contributed by atoms with E-state index in [4.69, 9.17) is 14.2 Å². The monoisotopic (exact) mass is 429 g/mol. The van der Waals surface area contributed by atoms with Gasteiger partial charge in [0.15, 0.2) is 11.5 Å². The predicted octanol–water partition coefficient (Wildman–Crippen LogP) is 2.29. The van der Waals surface area contributed by atoms with Crippen molar-refractivity contribution in [1.29, 1.82) is 0 Å². The van der Waals surface area contributed by atoms with Gasteiger partial charge in [-0.3, -0.25) is 14.2 Å². The summed E-state index contributed by atoms with van der Waals surface area (Å²) < 4.78 is 17.4. The standard InChI is InChI=1S/C21H23N3O5S/c1-27-14-8-16(29-3)15(28-2)7-12(14)9-22-18(25)10-24-11-23-20-19(21(24)26)13-5-4-6-17(13)30-20/h7-8,11H,4-6,9-10H2,1-3H3,(H,22,25). The second-order valence-corrected chi connectivity index (χ2v) is 8.09. The summed E-state index contributed by atoms with van der Waals surface area (Å²) in [6, 6.07) is 3.46. The van der Waals surface area contributed by atoms with Gasteiger partial charge in [0.05, 0.1) is 33.0 Å². The Balaban J connectivity index is 1.51. The minimum Gasteiger partial charge on any atom is -0.496 e. The number of amides is 1. The Morgan fingerprint density at radius 1 is 1.13 bits per heavy atom.